The lowest BCUT2D eigenvalue weighted by Gasteiger charge is -2.14. The zero-order valence-electron chi connectivity index (χ0n) is 11.8. The van der Waals surface area contributed by atoms with Crippen LogP contribution in [0.25, 0.3) is 10.9 Å². The van der Waals surface area contributed by atoms with E-state index in [2.05, 4.69) is 50.7 Å². The Morgan fingerprint density at radius 3 is 2.71 bits per heavy atom. The lowest BCUT2D eigenvalue weighted by molar-refractivity contribution is -0.385. The second-order valence-electron chi connectivity index (χ2n) is 5.47. The summed E-state index contributed by atoms with van der Waals surface area (Å²) in [7, 11) is 0. The van der Waals surface area contributed by atoms with Gasteiger partial charge >= 0.3 is 0 Å². The molecular formula is C15H16Br2N2O2. The fourth-order valence-corrected chi connectivity index (χ4v) is 3.83. The lowest BCUT2D eigenvalue weighted by atomic mass is 9.98. The van der Waals surface area contributed by atoms with Crippen molar-refractivity contribution in [3.8, 4) is 0 Å². The number of hydrogen-bond acceptors (Lipinski definition) is 3. The van der Waals surface area contributed by atoms with Crippen LogP contribution in [0.1, 0.15) is 25.8 Å². The highest BCUT2D eigenvalue weighted by atomic mass is 79.9. The molecule has 1 atom stereocenters. The summed E-state index contributed by atoms with van der Waals surface area (Å²) >= 11 is 7.07. The van der Waals surface area contributed by atoms with E-state index in [1.54, 1.807) is 0 Å². The highest BCUT2D eigenvalue weighted by molar-refractivity contribution is 9.10. The Hall–Kier alpha value is -1.01. The Kier molecular flexibility index (Phi) is 5.32. The van der Waals surface area contributed by atoms with E-state index in [9.17, 15) is 10.1 Å². The summed E-state index contributed by atoms with van der Waals surface area (Å²) in [6.07, 6.45) is 2.94. The van der Waals surface area contributed by atoms with Crippen LogP contribution in [0.2, 0.25) is 0 Å². The number of benzene rings is 1. The third kappa shape index (κ3) is 4.01. The zero-order valence-corrected chi connectivity index (χ0v) is 15.0. The van der Waals surface area contributed by atoms with E-state index in [4.69, 9.17) is 0 Å². The molecule has 1 heterocycles. The molecule has 0 amide bonds. The third-order valence-electron chi connectivity index (χ3n) is 3.27. The number of nitro groups is 1. The van der Waals surface area contributed by atoms with Crippen molar-refractivity contribution in [3.05, 3.63) is 44.5 Å². The molecule has 0 saturated carbocycles. The van der Waals surface area contributed by atoms with Gasteiger partial charge in [0.2, 0.25) is 0 Å². The van der Waals surface area contributed by atoms with Gasteiger partial charge in [-0.2, -0.15) is 0 Å². The first-order chi connectivity index (χ1) is 9.88. The molecule has 1 aromatic carbocycles. The maximum Gasteiger partial charge on any atom is 0.291 e. The summed E-state index contributed by atoms with van der Waals surface area (Å²) < 4.78 is 0.897. The number of rotatable bonds is 5. The normalized spacial score (nSPS) is 12.8. The van der Waals surface area contributed by atoms with Crippen molar-refractivity contribution < 1.29 is 4.92 Å². The average molecular weight is 416 g/mol. The predicted octanol–water partition coefficient (Wildman–Crippen LogP) is 5.26. The van der Waals surface area contributed by atoms with E-state index >= 15 is 0 Å². The summed E-state index contributed by atoms with van der Waals surface area (Å²) in [5.41, 5.74) is 1.62. The number of nitrogens with zero attached hydrogens (tertiary/aromatic N) is 2. The molecule has 6 heteroatoms. The van der Waals surface area contributed by atoms with Crippen molar-refractivity contribution in [1.29, 1.82) is 0 Å². The minimum Gasteiger partial charge on any atom is -0.258 e. The van der Waals surface area contributed by atoms with Gasteiger partial charge in [0.15, 0.2) is 0 Å². The number of fused-ring (bicyclic) bond motifs is 1. The predicted molar refractivity (Wildman–Crippen MR) is 92.0 cm³/mol. The molecule has 0 fully saturated rings. The van der Waals surface area contributed by atoms with Crippen molar-refractivity contribution in [2.24, 2.45) is 5.92 Å². The standard InChI is InChI=1S/C15H16Br2N2O2/c1-9(2)5-11(17)7-13-12-6-10(16)3-4-14(12)18-8-15(13)19(20)21/h3-4,6,8-9,11H,5,7H2,1-2H3. The monoisotopic (exact) mass is 414 g/mol. The molecule has 0 bridgehead atoms. The van der Waals surface area contributed by atoms with Crippen LogP contribution in [0.4, 0.5) is 5.69 Å². The molecule has 0 N–H and O–H groups in total. The minimum absolute atomic E-state index is 0.0915. The van der Waals surface area contributed by atoms with Crippen LogP contribution in [-0.2, 0) is 6.42 Å². The van der Waals surface area contributed by atoms with Crippen LogP contribution in [0.15, 0.2) is 28.9 Å². The zero-order chi connectivity index (χ0) is 15.6. The van der Waals surface area contributed by atoms with Gasteiger partial charge < -0.3 is 0 Å². The quantitative estimate of drug-likeness (QED) is 0.380. The fraction of sp³-hybridized carbons (Fsp3) is 0.400. The highest BCUT2D eigenvalue weighted by Crippen LogP contribution is 2.31. The SMILES string of the molecule is CC(C)CC(Br)Cc1c([N+](=O)[O-])cnc2ccc(Br)cc12. The van der Waals surface area contributed by atoms with E-state index in [0.29, 0.717) is 12.3 Å². The molecule has 21 heavy (non-hydrogen) atoms. The Balaban J connectivity index is 2.53. The van der Waals surface area contributed by atoms with E-state index in [1.807, 2.05) is 18.2 Å². The molecule has 0 saturated heterocycles. The van der Waals surface area contributed by atoms with Crippen molar-refractivity contribution in [1.82, 2.24) is 4.98 Å². The van der Waals surface area contributed by atoms with Gasteiger partial charge in [0.25, 0.3) is 5.69 Å². The van der Waals surface area contributed by atoms with Crippen molar-refractivity contribution in [2.45, 2.75) is 31.5 Å². The first-order valence-electron chi connectivity index (χ1n) is 6.74. The highest BCUT2D eigenvalue weighted by Gasteiger charge is 2.21. The smallest absolute Gasteiger partial charge is 0.258 e. The second kappa shape index (κ2) is 6.83. The largest absolute Gasteiger partial charge is 0.291 e. The topological polar surface area (TPSA) is 56.0 Å². The van der Waals surface area contributed by atoms with Crippen LogP contribution in [-0.4, -0.2) is 14.7 Å². The number of halogens is 2. The van der Waals surface area contributed by atoms with Crippen LogP contribution >= 0.6 is 31.9 Å². The van der Waals surface area contributed by atoms with E-state index < -0.39 is 0 Å². The molecule has 1 aromatic heterocycles. The maximum absolute atomic E-state index is 11.3. The van der Waals surface area contributed by atoms with Crippen LogP contribution < -0.4 is 0 Å². The molecule has 0 aliphatic rings. The van der Waals surface area contributed by atoms with Crippen molar-refractivity contribution in [3.63, 3.8) is 0 Å². The van der Waals surface area contributed by atoms with Gasteiger partial charge in [-0.25, -0.2) is 4.98 Å². The summed E-state index contributed by atoms with van der Waals surface area (Å²) in [4.78, 5) is 15.3. The number of alkyl halides is 1. The van der Waals surface area contributed by atoms with Crippen molar-refractivity contribution >= 4 is 48.5 Å². The molecule has 112 valence electrons. The maximum atomic E-state index is 11.3. The van der Waals surface area contributed by atoms with Crippen LogP contribution in [0, 0.1) is 16.0 Å². The first kappa shape index (κ1) is 16.4. The molecule has 2 aromatic rings. The van der Waals surface area contributed by atoms with Gasteiger partial charge in [0.1, 0.15) is 6.20 Å². The van der Waals surface area contributed by atoms with Crippen LogP contribution in [0.5, 0.6) is 0 Å². The Morgan fingerprint density at radius 2 is 2.10 bits per heavy atom. The van der Waals surface area contributed by atoms with Gasteiger partial charge in [0.05, 0.1) is 10.4 Å². The molecule has 0 radical (unpaired) electrons. The second-order valence-corrected chi connectivity index (χ2v) is 7.68. The van der Waals surface area contributed by atoms with E-state index in [0.717, 1.165) is 27.4 Å². The molecular weight excluding hydrogens is 400 g/mol. The molecule has 4 nitrogen and oxygen atoms in total. The Bertz CT molecular complexity index is 674. The first-order valence-corrected chi connectivity index (χ1v) is 8.45. The summed E-state index contributed by atoms with van der Waals surface area (Å²) in [6.45, 7) is 4.29. The number of pyridine rings is 1. The lowest BCUT2D eigenvalue weighted by Crippen LogP contribution is -2.09. The van der Waals surface area contributed by atoms with E-state index in [-0.39, 0.29) is 15.4 Å². The third-order valence-corrected chi connectivity index (χ3v) is 4.46. The minimum atomic E-state index is -0.349. The molecule has 0 aliphatic carbocycles. The molecule has 2 rings (SSSR count). The number of hydrogen-bond donors (Lipinski definition) is 0. The average Bonchev–Trinajstić information content (AvgIpc) is 2.38. The van der Waals surface area contributed by atoms with Gasteiger partial charge in [0, 0.05) is 20.2 Å². The Morgan fingerprint density at radius 1 is 1.38 bits per heavy atom. The number of aromatic nitrogens is 1. The van der Waals surface area contributed by atoms with Crippen molar-refractivity contribution in [2.75, 3.05) is 0 Å². The summed E-state index contributed by atoms with van der Waals surface area (Å²) in [5.74, 6) is 0.535. The van der Waals surface area contributed by atoms with Crippen LogP contribution in [0.3, 0.4) is 0 Å². The summed E-state index contributed by atoms with van der Waals surface area (Å²) in [6, 6.07) is 5.67. The Labute approximate surface area is 140 Å². The van der Waals surface area contributed by atoms with Gasteiger partial charge in [-0.15, -0.1) is 0 Å². The van der Waals surface area contributed by atoms with Gasteiger partial charge in [-0.1, -0.05) is 45.7 Å². The van der Waals surface area contributed by atoms with Gasteiger partial charge in [-0.3, -0.25) is 10.1 Å². The summed E-state index contributed by atoms with van der Waals surface area (Å²) in [5, 5.41) is 12.1. The van der Waals surface area contributed by atoms with E-state index in [1.165, 1.54) is 6.20 Å². The molecule has 1 unspecified atom stereocenters. The molecule has 0 aliphatic heterocycles. The molecule has 0 spiro atoms. The fourth-order valence-electron chi connectivity index (χ4n) is 2.40. The van der Waals surface area contributed by atoms with Gasteiger partial charge in [-0.05, 0) is 37.0 Å².